The Balaban J connectivity index is 1.72. The van der Waals surface area contributed by atoms with Crippen LogP contribution in [0.5, 0.6) is 5.75 Å². The quantitative estimate of drug-likeness (QED) is 0.427. The highest BCUT2D eigenvalue weighted by Crippen LogP contribution is 2.27. The van der Waals surface area contributed by atoms with Crippen LogP contribution in [0.2, 0.25) is 0 Å². The predicted octanol–water partition coefficient (Wildman–Crippen LogP) is 5.56. The number of ether oxygens (including phenoxy) is 1. The van der Waals surface area contributed by atoms with Gasteiger partial charge in [-0.15, -0.1) is 10.2 Å². The van der Waals surface area contributed by atoms with Crippen molar-refractivity contribution in [3.05, 3.63) is 65.2 Å². The zero-order chi connectivity index (χ0) is 23.3. The molecule has 0 fully saturated rings. The molecule has 2 aromatic carbocycles. The molecule has 32 heavy (non-hydrogen) atoms. The average molecular weight is 457 g/mol. The van der Waals surface area contributed by atoms with E-state index in [1.165, 1.54) is 17.8 Å². The van der Waals surface area contributed by atoms with Crippen molar-refractivity contribution in [2.24, 2.45) is 5.92 Å². The van der Waals surface area contributed by atoms with E-state index in [0.717, 1.165) is 16.8 Å². The third-order valence-corrected chi connectivity index (χ3v) is 5.76. The number of hydrogen-bond donors (Lipinski definition) is 1. The SMILES string of the molecule is Cc1ccc(C)c(NC(=O)CSc2nnc(C(C)Oc3ccccc3F)n2CC(C)C)c1. The van der Waals surface area contributed by atoms with Crippen LogP contribution in [0, 0.1) is 25.6 Å². The van der Waals surface area contributed by atoms with Crippen molar-refractivity contribution in [3.8, 4) is 5.75 Å². The van der Waals surface area contributed by atoms with E-state index >= 15 is 0 Å². The van der Waals surface area contributed by atoms with Crippen LogP contribution in [-0.2, 0) is 11.3 Å². The number of nitrogens with one attached hydrogen (secondary N) is 1. The Morgan fingerprint density at radius 1 is 1.16 bits per heavy atom. The molecule has 6 nitrogen and oxygen atoms in total. The fraction of sp³-hybridized carbons (Fsp3) is 0.375. The number of nitrogens with zero attached hydrogens (tertiary/aromatic N) is 3. The van der Waals surface area contributed by atoms with Gasteiger partial charge in [-0.05, 0) is 56.0 Å². The number of aromatic nitrogens is 3. The number of thioether (sulfide) groups is 1. The molecular formula is C24H29FN4O2S. The maximum Gasteiger partial charge on any atom is 0.234 e. The summed E-state index contributed by atoms with van der Waals surface area (Å²) in [6.07, 6.45) is -0.503. The van der Waals surface area contributed by atoms with Gasteiger partial charge in [-0.25, -0.2) is 4.39 Å². The number of amides is 1. The number of halogens is 1. The number of carbonyl (C=O) groups excluding carboxylic acids is 1. The van der Waals surface area contributed by atoms with E-state index in [9.17, 15) is 9.18 Å². The highest BCUT2D eigenvalue weighted by Gasteiger charge is 2.22. The maximum absolute atomic E-state index is 14.0. The van der Waals surface area contributed by atoms with Crippen LogP contribution in [-0.4, -0.2) is 26.4 Å². The van der Waals surface area contributed by atoms with E-state index in [1.807, 2.05) is 43.5 Å². The summed E-state index contributed by atoms with van der Waals surface area (Å²) < 4.78 is 21.8. The topological polar surface area (TPSA) is 69.0 Å². The van der Waals surface area contributed by atoms with E-state index in [2.05, 4.69) is 29.4 Å². The maximum atomic E-state index is 14.0. The third kappa shape index (κ3) is 6.09. The summed E-state index contributed by atoms with van der Waals surface area (Å²) in [4.78, 5) is 12.5. The summed E-state index contributed by atoms with van der Waals surface area (Å²) in [7, 11) is 0. The Bertz CT molecular complexity index is 1080. The van der Waals surface area contributed by atoms with Gasteiger partial charge >= 0.3 is 0 Å². The molecule has 1 amide bonds. The van der Waals surface area contributed by atoms with Gasteiger partial charge in [0.1, 0.15) is 0 Å². The average Bonchev–Trinajstić information content (AvgIpc) is 3.13. The fourth-order valence-electron chi connectivity index (χ4n) is 3.21. The van der Waals surface area contributed by atoms with Crippen LogP contribution in [0.1, 0.15) is 43.8 Å². The molecule has 0 aliphatic carbocycles. The zero-order valence-electron chi connectivity index (χ0n) is 19.1. The minimum atomic E-state index is -0.503. The molecule has 0 radical (unpaired) electrons. The number of para-hydroxylation sites is 1. The van der Waals surface area contributed by atoms with Crippen molar-refractivity contribution < 1.29 is 13.9 Å². The van der Waals surface area contributed by atoms with Crippen molar-refractivity contribution in [2.75, 3.05) is 11.1 Å². The second-order valence-corrected chi connectivity index (χ2v) is 9.13. The van der Waals surface area contributed by atoms with E-state index in [1.54, 1.807) is 18.2 Å². The lowest BCUT2D eigenvalue weighted by Gasteiger charge is -2.18. The molecule has 3 aromatic rings. The van der Waals surface area contributed by atoms with Crippen molar-refractivity contribution in [3.63, 3.8) is 0 Å². The normalized spacial score (nSPS) is 12.1. The first-order chi connectivity index (χ1) is 15.2. The lowest BCUT2D eigenvalue weighted by molar-refractivity contribution is -0.113. The number of rotatable bonds is 9. The molecule has 1 aromatic heterocycles. The van der Waals surface area contributed by atoms with Crippen LogP contribution in [0.3, 0.4) is 0 Å². The fourth-order valence-corrected chi connectivity index (χ4v) is 3.97. The summed E-state index contributed by atoms with van der Waals surface area (Å²) in [5, 5.41) is 12.2. The summed E-state index contributed by atoms with van der Waals surface area (Å²) in [5.74, 6) is 0.757. The van der Waals surface area contributed by atoms with E-state index < -0.39 is 11.9 Å². The predicted molar refractivity (Wildman–Crippen MR) is 126 cm³/mol. The monoisotopic (exact) mass is 456 g/mol. The number of benzene rings is 2. The van der Waals surface area contributed by atoms with Gasteiger partial charge in [0.05, 0.1) is 5.75 Å². The van der Waals surface area contributed by atoms with Crippen molar-refractivity contribution in [2.45, 2.75) is 52.4 Å². The standard InChI is InChI=1S/C24H29FN4O2S/c1-15(2)13-29-23(18(5)31-21-9-7-6-8-19(21)25)27-28-24(29)32-14-22(30)26-20-12-16(3)10-11-17(20)4/h6-12,15,18H,13-14H2,1-5H3,(H,26,30). The first-order valence-electron chi connectivity index (χ1n) is 10.6. The molecule has 1 unspecified atom stereocenters. The smallest absolute Gasteiger partial charge is 0.234 e. The second-order valence-electron chi connectivity index (χ2n) is 8.19. The van der Waals surface area contributed by atoms with Gasteiger partial charge in [-0.1, -0.05) is 49.9 Å². The van der Waals surface area contributed by atoms with Gasteiger partial charge in [0.2, 0.25) is 5.91 Å². The van der Waals surface area contributed by atoms with Gasteiger partial charge in [-0.2, -0.15) is 0 Å². The summed E-state index contributed by atoms with van der Waals surface area (Å²) in [6.45, 7) is 10.6. The van der Waals surface area contributed by atoms with Crippen molar-refractivity contribution in [1.29, 1.82) is 0 Å². The Hall–Kier alpha value is -2.87. The van der Waals surface area contributed by atoms with Crippen molar-refractivity contribution >= 4 is 23.4 Å². The summed E-state index contributed by atoms with van der Waals surface area (Å²) in [6, 6.07) is 12.2. The first-order valence-corrected chi connectivity index (χ1v) is 11.6. The Labute approximate surface area is 192 Å². The largest absolute Gasteiger partial charge is 0.480 e. The van der Waals surface area contributed by atoms with Gasteiger partial charge < -0.3 is 14.6 Å². The Kier molecular flexibility index (Phi) is 7.90. The second kappa shape index (κ2) is 10.6. The van der Waals surface area contributed by atoms with E-state index in [4.69, 9.17) is 4.74 Å². The molecular weight excluding hydrogens is 427 g/mol. The van der Waals surface area contributed by atoms with Gasteiger partial charge in [-0.3, -0.25) is 4.79 Å². The van der Waals surface area contributed by atoms with Crippen LogP contribution in [0.15, 0.2) is 47.6 Å². The molecule has 1 heterocycles. The first kappa shape index (κ1) is 23.8. The molecule has 3 rings (SSSR count). The van der Waals surface area contributed by atoms with E-state index in [0.29, 0.717) is 23.4 Å². The Morgan fingerprint density at radius 3 is 2.62 bits per heavy atom. The van der Waals surface area contributed by atoms with E-state index in [-0.39, 0.29) is 17.4 Å². The van der Waals surface area contributed by atoms with Crippen molar-refractivity contribution in [1.82, 2.24) is 14.8 Å². The molecule has 170 valence electrons. The van der Waals surface area contributed by atoms with Gasteiger partial charge in [0.25, 0.3) is 0 Å². The molecule has 8 heteroatoms. The van der Waals surface area contributed by atoms with Crippen LogP contribution in [0.4, 0.5) is 10.1 Å². The van der Waals surface area contributed by atoms with Crippen LogP contribution < -0.4 is 10.1 Å². The minimum absolute atomic E-state index is 0.111. The number of anilines is 1. The number of carbonyl (C=O) groups is 1. The highest BCUT2D eigenvalue weighted by atomic mass is 32.2. The molecule has 1 N–H and O–H groups in total. The molecule has 0 saturated heterocycles. The third-order valence-electron chi connectivity index (χ3n) is 4.80. The lowest BCUT2D eigenvalue weighted by atomic mass is 10.1. The molecule has 0 saturated carbocycles. The van der Waals surface area contributed by atoms with Gasteiger partial charge in [0.15, 0.2) is 28.7 Å². The summed E-state index contributed by atoms with van der Waals surface area (Å²) in [5.41, 5.74) is 2.91. The zero-order valence-corrected chi connectivity index (χ0v) is 19.9. The minimum Gasteiger partial charge on any atom is -0.480 e. The molecule has 0 bridgehead atoms. The van der Waals surface area contributed by atoms with Crippen LogP contribution in [0.25, 0.3) is 0 Å². The molecule has 1 atom stereocenters. The molecule has 0 aliphatic heterocycles. The molecule has 0 spiro atoms. The Morgan fingerprint density at radius 2 is 1.91 bits per heavy atom. The lowest BCUT2D eigenvalue weighted by Crippen LogP contribution is -2.17. The number of aryl methyl sites for hydroxylation is 2. The number of hydrogen-bond acceptors (Lipinski definition) is 5. The van der Waals surface area contributed by atoms with Gasteiger partial charge in [0, 0.05) is 12.2 Å². The van der Waals surface area contributed by atoms with Crippen LogP contribution >= 0.6 is 11.8 Å². The summed E-state index contributed by atoms with van der Waals surface area (Å²) >= 11 is 1.32. The molecule has 0 aliphatic rings. The highest BCUT2D eigenvalue weighted by molar-refractivity contribution is 7.99.